The number of carbonyl (C=O) groups is 2. The van der Waals surface area contributed by atoms with Gasteiger partial charge in [0.15, 0.2) is 11.6 Å². The summed E-state index contributed by atoms with van der Waals surface area (Å²) in [4.78, 5) is 29.4. The molecule has 0 unspecified atom stereocenters. The number of nitrogens with zero attached hydrogens (tertiary/aromatic N) is 1. The van der Waals surface area contributed by atoms with Gasteiger partial charge < -0.3 is 9.64 Å². The molecule has 0 radical (unpaired) electrons. The van der Waals surface area contributed by atoms with E-state index in [-0.39, 0.29) is 22.4 Å². The zero-order valence-corrected chi connectivity index (χ0v) is 21.8. The summed E-state index contributed by atoms with van der Waals surface area (Å²) in [5.41, 5.74) is 4.22. The predicted molar refractivity (Wildman–Crippen MR) is 139 cm³/mol. The number of Topliss-reactive ketones (excluding diaryl/α,β-unsaturated/α-hetero) is 2. The lowest BCUT2D eigenvalue weighted by Crippen LogP contribution is -2.43. The van der Waals surface area contributed by atoms with E-state index >= 15 is 0 Å². The summed E-state index contributed by atoms with van der Waals surface area (Å²) >= 11 is 6.52. The lowest BCUT2D eigenvalue weighted by atomic mass is 9.64. The number of hydrogen-bond acceptors (Lipinski definition) is 4. The Balaban J connectivity index is 1.68. The van der Waals surface area contributed by atoms with Gasteiger partial charge in [0.2, 0.25) is 0 Å². The molecule has 0 saturated carbocycles. The van der Waals surface area contributed by atoms with Crippen LogP contribution < -0.4 is 4.74 Å². The summed E-state index contributed by atoms with van der Waals surface area (Å²) in [6, 6.07) is 15.1. The molecular formula is C30H32ClNO3. The molecule has 3 aliphatic rings. The van der Waals surface area contributed by atoms with Gasteiger partial charge >= 0.3 is 0 Å². The molecule has 5 rings (SSSR count). The van der Waals surface area contributed by atoms with E-state index in [9.17, 15) is 9.59 Å². The smallest absolute Gasteiger partial charge is 0.162 e. The Morgan fingerprint density at radius 3 is 1.91 bits per heavy atom. The Hall–Kier alpha value is -2.85. The van der Waals surface area contributed by atoms with Gasteiger partial charge in [0, 0.05) is 48.3 Å². The average molecular weight is 490 g/mol. The second kappa shape index (κ2) is 8.37. The highest BCUT2D eigenvalue weighted by Crippen LogP contribution is 2.54. The van der Waals surface area contributed by atoms with Crippen LogP contribution in [0.25, 0.3) is 0 Å². The summed E-state index contributed by atoms with van der Waals surface area (Å²) < 4.78 is 6.11. The lowest BCUT2D eigenvalue weighted by molar-refractivity contribution is -0.119. The van der Waals surface area contributed by atoms with Crippen molar-refractivity contribution in [2.75, 3.05) is 7.05 Å². The normalized spacial score (nSPS) is 21.7. The van der Waals surface area contributed by atoms with Crippen molar-refractivity contribution in [2.24, 2.45) is 10.8 Å². The standard InChI is InChI=1S/C30H32ClNO3/c1-29(2)14-21-27(23(33)16-29)26(28-22(32(21)5)15-30(3,4)17-24(28)34)18-11-12-20(31)25(13-18)35-19-9-7-6-8-10-19/h6-13,26H,14-17H2,1-5H3. The minimum absolute atomic E-state index is 0.122. The zero-order valence-electron chi connectivity index (χ0n) is 21.1. The van der Waals surface area contributed by atoms with Crippen LogP contribution in [0.15, 0.2) is 71.1 Å². The van der Waals surface area contributed by atoms with Crippen molar-refractivity contribution in [3.05, 3.63) is 81.7 Å². The summed E-state index contributed by atoms with van der Waals surface area (Å²) in [7, 11) is 2.02. The highest BCUT2D eigenvalue weighted by atomic mass is 35.5. The van der Waals surface area contributed by atoms with Crippen LogP contribution in [-0.4, -0.2) is 23.5 Å². The molecule has 0 N–H and O–H groups in total. The van der Waals surface area contributed by atoms with Crippen LogP contribution in [-0.2, 0) is 9.59 Å². The minimum Gasteiger partial charge on any atom is -0.456 e. The van der Waals surface area contributed by atoms with Gasteiger partial charge in [-0.25, -0.2) is 0 Å². The third-order valence-electron chi connectivity index (χ3n) is 7.44. The number of ether oxygens (including phenoxy) is 1. The first-order chi connectivity index (χ1) is 16.5. The fourth-order valence-corrected chi connectivity index (χ4v) is 6.05. The molecule has 4 nitrogen and oxygen atoms in total. The molecule has 1 heterocycles. The second-order valence-electron chi connectivity index (χ2n) is 11.7. The van der Waals surface area contributed by atoms with E-state index in [0.717, 1.165) is 40.9 Å². The summed E-state index contributed by atoms with van der Waals surface area (Å²) in [6.45, 7) is 8.58. The number of allylic oxidation sites excluding steroid dienone is 4. The molecule has 2 aliphatic carbocycles. The van der Waals surface area contributed by atoms with E-state index in [1.54, 1.807) is 0 Å². The molecule has 0 saturated heterocycles. The van der Waals surface area contributed by atoms with Crippen LogP contribution in [0, 0.1) is 10.8 Å². The summed E-state index contributed by atoms with van der Waals surface area (Å²) in [5, 5.41) is 0.487. The van der Waals surface area contributed by atoms with Crippen LogP contribution in [0.3, 0.4) is 0 Å². The van der Waals surface area contributed by atoms with Gasteiger partial charge in [-0.2, -0.15) is 0 Å². The quantitative estimate of drug-likeness (QED) is 0.449. The molecule has 1 aliphatic heterocycles. The van der Waals surface area contributed by atoms with Gasteiger partial charge in [-0.1, -0.05) is 63.6 Å². The number of halogens is 1. The van der Waals surface area contributed by atoms with Crippen molar-refractivity contribution in [1.82, 2.24) is 4.90 Å². The van der Waals surface area contributed by atoms with E-state index < -0.39 is 5.92 Å². The van der Waals surface area contributed by atoms with Crippen LogP contribution in [0.5, 0.6) is 11.5 Å². The Morgan fingerprint density at radius 1 is 0.829 bits per heavy atom. The Labute approximate surface area is 212 Å². The van der Waals surface area contributed by atoms with Crippen molar-refractivity contribution < 1.29 is 14.3 Å². The SMILES string of the molecule is CN1C2=C(C(=O)CC(C)(C)C2)C(c2ccc(Cl)c(Oc3ccccc3)c2)C2=C1CC(C)(C)CC2=O. The molecule has 35 heavy (non-hydrogen) atoms. The number of ketones is 2. The molecule has 5 heteroatoms. The zero-order chi connectivity index (χ0) is 25.1. The van der Waals surface area contributed by atoms with Crippen LogP contribution in [0.2, 0.25) is 5.02 Å². The topological polar surface area (TPSA) is 46.6 Å². The maximum atomic E-state index is 13.6. The number of para-hydroxylation sites is 1. The molecule has 182 valence electrons. The molecule has 0 fully saturated rings. The maximum absolute atomic E-state index is 13.6. The second-order valence-corrected chi connectivity index (χ2v) is 12.1. The van der Waals surface area contributed by atoms with Gasteiger partial charge in [0.1, 0.15) is 11.5 Å². The first-order valence-electron chi connectivity index (χ1n) is 12.2. The van der Waals surface area contributed by atoms with Crippen molar-refractivity contribution in [3.8, 4) is 11.5 Å². The molecule has 2 aromatic rings. The van der Waals surface area contributed by atoms with E-state index in [2.05, 4.69) is 32.6 Å². The Morgan fingerprint density at radius 2 is 1.37 bits per heavy atom. The minimum atomic E-state index is -0.404. The largest absolute Gasteiger partial charge is 0.456 e. The van der Waals surface area contributed by atoms with Gasteiger partial charge in [-0.3, -0.25) is 9.59 Å². The van der Waals surface area contributed by atoms with Crippen molar-refractivity contribution in [3.63, 3.8) is 0 Å². The van der Waals surface area contributed by atoms with Crippen LogP contribution in [0.1, 0.15) is 64.9 Å². The Kier molecular flexibility index (Phi) is 5.71. The third-order valence-corrected chi connectivity index (χ3v) is 7.75. The number of rotatable bonds is 3. The van der Waals surface area contributed by atoms with E-state index in [1.807, 2.05) is 55.6 Å². The van der Waals surface area contributed by atoms with E-state index in [0.29, 0.717) is 29.4 Å². The fourth-order valence-electron chi connectivity index (χ4n) is 5.89. The van der Waals surface area contributed by atoms with E-state index in [1.165, 1.54) is 0 Å². The highest BCUT2D eigenvalue weighted by Gasteiger charge is 2.48. The predicted octanol–water partition coefficient (Wildman–Crippen LogP) is 7.45. The monoisotopic (exact) mass is 489 g/mol. The number of carbonyl (C=O) groups excluding carboxylic acids is 2. The van der Waals surface area contributed by atoms with Crippen LogP contribution >= 0.6 is 11.6 Å². The lowest BCUT2D eigenvalue weighted by Gasteiger charge is -2.47. The highest BCUT2D eigenvalue weighted by molar-refractivity contribution is 6.32. The Bertz CT molecular complexity index is 1230. The molecular weight excluding hydrogens is 458 g/mol. The first kappa shape index (κ1) is 23.9. The first-order valence-corrected chi connectivity index (χ1v) is 12.6. The van der Waals surface area contributed by atoms with Crippen LogP contribution in [0.4, 0.5) is 0 Å². The third kappa shape index (κ3) is 4.33. The maximum Gasteiger partial charge on any atom is 0.162 e. The molecule has 0 spiro atoms. The summed E-state index contributed by atoms with van der Waals surface area (Å²) in [5.74, 6) is 1.04. The van der Waals surface area contributed by atoms with Crippen molar-refractivity contribution in [1.29, 1.82) is 0 Å². The molecule has 0 aromatic heterocycles. The number of benzene rings is 2. The van der Waals surface area contributed by atoms with Gasteiger partial charge in [0.25, 0.3) is 0 Å². The molecule has 0 atom stereocenters. The van der Waals surface area contributed by atoms with E-state index in [4.69, 9.17) is 16.3 Å². The van der Waals surface area contributed by atoms with Crippen molar-refractivity contribution in [2.45, 2.75) is 59.3 Å². The summed E-state index contributed by atoms with van der Waals surface area (Å²) in [6.07, 6.45) is 2.54. The average Bonchev–Trinajstić information content (AvgIpc) is 2.76. The van der Waals surface area contributed by atoms with Gasteiger partial charge in [-0.05, 0) is 53.5 Å². The molecule has 2 aromatic carbocycles. The molecule has 0 amide bonds. The number of hydrogen-bond donors (Lipinski definition) is 0. The van der Waals surface area contributed by atoms with Gasteiger partial charge in [-0.15, -0.1) is 0 Å². The van der Waals surface area contributed by atoms with Gasteiger partial charge in [0.05, 0.1) is 5.02 Å². The van der Waals surface area contributed by atoms with Crippen molar-refractivity contribution >= 4 is 23.2 Å². The fraction of sp³-hybridized carbons (Fsp3) is 0.400. The molecule has 0 bridgehead atoms.